The molecule has 0 aliphatic heterocycles. The van der Waals surface area contributed by atoms with Crippen molar-refractivity contribution < 1.29 is 9.53 Å². The minimum Gasteiger partial charge on any atom is -0.462 e. The Bertz CT molecular complexity index is 656. The number of aryl methyl sites for hydroxylation is 1. The molecule has 0 saturated carbocycles. The highest BCUT2D eigenvalue weighted by Gasteiger charge is 2.16. The number of nitrogens with zero attached hydrogens (tertiary/aromatic N) is 4. The molecule has 2 rings (SSSR count). The molecule has 2 heterocycles. The molecule has 1 N–H and O–H groups in total. The highest BCUT2D eigenvalue weighted by molar-refractivity contribution is 7.13. The maximum absolute atomic E-state index is 12.0. The van der Waals surface area contributed by atoms with Crippen molar-refractivity contribution in [2.45, 2.75) is 20.4 Å². The molecule has 0 fully saturated rings. The van der Waals surface area contributed by atoms with E-state index < -0.39 is 5.97 Å². The first-order valence-electron chi connectivity index (χ1n) is 6.86. The average Bonchev–Trinajstić information content (AvgIpc) is 2.85. The predicted molar refractivity (Wildman–Crippen MR) is 85.5 cm³/mol. The molecule has 2 aromatic heterocycles. The van der Waals surface area contributed by atoms with Crippen molar-refractivity contribution in [3.63, 3.8) is 0 Å². The topological polar surface area (TPSA) is 80.2 Å². The van der Waals surface area contributed by atoms with E-state index in [0.717, 1.165) is 12.2 Å². The smallest absolute Gasteiger partial charge is 0.343 e. The number of ether oxygens (including phenoxy) is 1. The van der Waals surface area contributed by atoms with Crippen LogP contribution in [0, 0.1) is 6.92 Å². The maximum atomic E-state index is 12.0. The Morgan fingerprint density at radius 2 is 2.18 bits per heavy atom. The number of hydrogen-bond acceptors (Lipinski definition) is 8. The molecule has 8 heteroatoms. The molecule has 0 amide bonds. The third-order valence-corrected chi connectivity index (χ3v) is 3.47. The average molecular weight is 321 g/mol. The van der Waals surface area contributed by atoms with Crippen LogP contribution in [0.25, 0.3) is 0 Å². The molecule has 22 heavy (non-hydrogen) atoms. The highest BCUT2D eigenvalue weighted by atomic mass is 32.1. The summed E-state index contributed by atoms with van der Waals surface area (Å²) < 4.78 is 5.02. The van der Waals surface area contributed by atoms with Crippen LogP contribution in [0.5, 0.6) is 0 Å². The van der Waals surface area contributed by atoms with Gasteiger partial charge in [0.1, 0.15) is 11.4 Å². The van der Waals surface area contributed by atoms with E-state index in [0.29, 0.717) is 28.9 Å². The fourth-order valence-corrected chi connectivity index (χ4v) is 2.49. The third-order valence-electron chi connectivity index (χ3n) is 2.66. The Balaban J connectivity index is 2.22. The monoisotopic (exact) mass is 321 g/mol. The summed E-state index contributed by atoms with van der Waals surface area (Å²) in [6.07, 6.45) is 1.47. The fourth-order valence-electron chi connectivity index (χ4n) is 1.79. The van der Waals surface area contributed by atoms with Crippen molar-refractivity contribution in [2.24, 2.45) is 0 Å². The number of thiazole rings is 1. The van der Waals surface area contributed by atoms with Crippen molar-refractivity contribution in [3.05, 3.63) is 28.7 Å². The Kier molecular flexibility index (Phi) is 5.40. The molecule has 0 unspecified atom stereocenters. The van der Waals surface area contributed by atoms with E-state index >= 15 is 0 Å². The number of esters is 1. The van der Waals surface area contributed by atoms with Gasteiger partial charge in [-0.3, -0.25) is 0 Å². The van der Waals surface area contributed by atoms with Gasteiger partial charge in [-0.05, 0) is 27.9 Å². The summed E-state index contributed by atoms with van der Waals surface area (Å²) in [6.45, 7) is 4.58. The van der Waals surface area contributed by atoms with Crippen molar-refractivity contribution in [3.8, 4) is 0 Å². The zero-order valence-corrected chi connectivity index (χ0v) is 13.9. The van der Waals surface area contributed by atoms with Crippen molar-refractivity contribution >= 4 is 28.3 Å². The first-order valence-corrected chi connectivity index (χ1v) is 7.74. The number of carbonyl (C=O) groups excluding carboxylic acids is 1. The van der Waals surface area contributed by atoms with Gasteiger partial charge in [0.25, 0.3) is 0 Å². The number of hydrogen-bond donors (Lipinski definition) is 1. The summed E-state index contributed by atoms with van der Waals surface area (Å²) >= 11 is 1.46. The molecule has 2 aromatic rings. The van der Waals surface area contributed by atoms with Gasteiger partial charge >= 0.3 is 5.97 Å². The summed E-state index contributed by atoms with van der Waals surface area (Å²) in [6, 6.07) is 0. The Hall–Kier alpha value is -2.06. The van der Waals surface area contributed by atoms with Gasteiger partial charge < -0.3 is 15.0 Å². The van der Waals surface area contributed by atoms with E-state index in [1.54, 1.807) is 13.8 Å². The van der Waals surface area contributed by atoms with Gasteiger partial charge in [-0.15, -0.1) is 11.3 Å². The lowest BCUT2D eigenvalue weighted by Gasteiger charge is -2.09. The summed E-state index contributed by atoms with van der Waals surface area (Å²) in [5, 5.41) is 5.74. The van der Waals surface area contributed by atoms with Crippen LogP contribution in [0.2, 0.25) is 0 Å². The molecule has 0 aliphatic rings. The zero-order valence-electron chi connectivity index (χ0n) is 13.1. The van der Waals surface area contributed by atoms with Crippen LogP contribution in [-0.2, 0) is 11.3 Å². The standard InChI is InChI=1S/C14H19N5O2S/c1-5-21-13(20)11-6-15-9(2)16-12(11)18-14-17-10(8-22-14)7-19(3)4/h6,8H,5,7H2,1-4H3,(H,15,16,17,18). The van der Waals surface area contributed by atoms with Crippen LogP contribution in [0.4, 0.5) is 10.9 Å². The quantitative estimate of drug-likeness (QED) is 0.817. The molecule has 0 spiro atoms. The van der Waals surface area contributed by atoms with Gasteiger partial charge in [0.2, 0.25) is 0 Å². The van der Waals surface area contributed by atoms with Crippen LogP contribution in [0.15, 0.2) is 11.6 Å². The minimum absolute atomic E-state index is 0.302. The third kappa shape index (κ3) is 4.22. The first-order chi connectivity index (χ1) is 10.5. The minimum atomic E-state index is -0.449. The molecule has 0 aromatic carbocycles. The molecule has 7 nitrogen and oxygen atoms in total. The molecule has 0 saturated heterocycles. The van der Waals surface area contributed by atoms with Crippen molar-refractivity contribution in [2.75, 3.05) is 26.0 Å². The number of aromatic nitrogens is 3. The highest BCUT2D eigenvalue weighted by Crippen LogP contribution is 2.23. The SMILES string of the molecule is CCOC(=O)c1cnc(C)nc1Nc1nc(CN(C)C)cs1. The van der Waals surface area contributed by atoms with Crippen LogP contribution in [0.1, 0.15) is 28.8 Å². The van der Waals surface area contributed by atoms with Gasteiger partial charge in [0, 0.05) is 18.1 Å². The molecular weight excluding hydrogens is 302 g/mol. The number of rotatable bonds is 6. The lowest BCUT2D eigenvalue weighted by atomic mass is 10.3. The lowest BCUT2D eigenvalue weighted by Crippen LogP contribution is -2.12. The maximum Gasteiger partial charge on any atom is 0.343 e. The van der Waals surface area contributed by atoms with Gasteiger partial charge in [0.15, 0.2) is 10.9 Å². The fraction of sp³-hybridized carbons (Fsp3) is 0.429. The largest absolute Gasteiger partial charge is 0.462 e. The summed E-state index contributed by atoms with van der Waals surface area (Å²) in [4.78, 5) is 26.8. The van der Waals surface area contributed by atoms with E-state index in [9.17, 15) is 4.79 Å². The second kappa shape index (κ2) is 7.28. The van der Waals surface area contributed by atoms with Crippen molar-refractivity contribution in [1.82, 2.24) is 19.9 Å². The molecule has 118 valence electrons. The van der Waals surface area contributed by atoms with E-state index in [2.05, 4.69) is 20.3 Å². The number of carbonyl (C=O) groups is 1. The predicted octanol–water partition coefficient (Wildman–Crippen LogP) is 2.22. The molecule has 0 radical (unpaired) electrons. The number of anilines is 2. The molecule has 0 bridgehead atoms. The van der Waals surface area contributed by atoms with E-state index in [1.807, 2.05) is 24.4 Å². The van der Waals surface area contributed by atoms with Gasteiger partial charge in [-0.25, -0.2) is 19.7 Å². The van der Waals surface area contributed by atoms with E-state index in [-0.39, 0.29) is 0 Å². The normalized spacial score (nSPS) is 10.8. The first kappa shape index (κ1) is 16.3. The lowest BCUT2D eigenvalue weighted by molar-refractivity contribution is 0.0526. The molecule has 0 atom stereocenters. The Morgan fingerprint density at radius 3 is 2.86 bits per heavy atom. The Labute approximate surface area is 133 Å². The number of nitrogens with one attached hydrogen (secondary N) is 1. The van der Waals surface area contributed by atoms with Crippen LogP contribution >= 0.6 is 11.3 Å². The molecular formula is C14H19N5O2S. The summed E-state index contributed by atoms with van der Waals surface area (Å²) in [7, 11) is 3.97. The van der Waals surface area contributed by atoms with Crippen LogP contribution in [-0.4, -0.2) is 46.5 Å². The second-order valence-corrected chi connectivity index (χ2v) is 5.76. The molecule has 0 aliphatic carbocycles. The summed E-state index contributed by atoms with van der Waals surface area (Å²) in [5.74, 6) is 0.535. The van der Waals surface area contributed by atoms with Crippen molar-refractivity contribution in [1.29, 1.82) is 0 Å². The van der Waals surface area contributed by atoms with Gasteiger partial charge in [-0.1, -0.05) is 0 Å². The second-order valence-electron chi connectivity index (χ2n) is 4.91. The van der Waals surface area contributed by atoms with Gasteiger partial charge in [0.05, 0.1) is 12.3 Å². The zero-order chi connectivity index (χ0) is 16.1. The van der Waals surface area contributed by atoms with Crippen LogP contribution < -0.4 is 5.32 Å². The van der Waals surface area contributed by atoms with E-state index in [1.165, 1.54) is 17.5 Å². The summed E-state index contributed by atoms with van der Waals surface area (Å²) in [5.41, 5.74) is 1.26. The van der Waals surface area contributed by atoms with E-state index in [4.69, 9.17) is 4.74 Å². The van der Waals surface area contributed by atoms with Gasteiger partial charge in [-0.2, -0.15) is 0 Å². The Morgan fingerprint density at radius 1 is 1.41 bits per heavy atom. The van der Waals surface area contributed by atoms with Crippen LogP contribution in [0.3, 0.4) is 0 Å².